The quantitative estimate of drug-likeness (QED) is 0.442. The van der Waals surface area contributed by atoms with Crippen molar-refractivity contribution in [1.29, 1.82) is 0 Å². The van der Waals surface area contributed by atoms with Gasteiger partial charge in [-0.1, -0.05) is 24.6 Å². The van der Waals surface area contributed by atoms with Gasteiger partial charge in [-0.15, -0.1) is 0 Å². The zero-order valence-corrected chi connectivity index (χ0v) is 15.9. The van der Waals surface area contributed by atoms with E-state index < -0.39 is 0 Å². The van der Waals surface area contributed by atoms with Crippen LogP contribution in [0.5, 0.6) is 11.5 Å². The van der Waals surface area contributed by atoms with Gasteiger partial charge in [0.15, 0.2) is 0 Å². The summed E-state index contributed by atoms with van der Waals surface area (Å²) < 4.78 is 17.3. The number of ether oxygens (including phenoxy) is 3. The largest absolute Gasteiger partial charge is 0.493 e. The molecule has 1 unspecified atom stereocenters. The van der Waals surface area contributed by atoms with Gasteiger partial charge >= 0.3 is 0 Å². The Kier molecular flexibility index (Phi) is 6.73. The van der Waals surface area contributed by atoms with E-state index >= 15 is 0 Å². The summed E-state index contributed by atoms with van der Waals surface area (Å²) in [5.74, 6) is 2.36. The summed E-state index contributed by atoms with van der Waals surface area (Å²) in [5, 5.41) is 0. The molecule has 1 aliphatic heterocycles. The first-order valence-electron chi connectivity index (χ1n) is 9.10. The van der Waals surface area contributed by atoms with Crippen molar-refractivity contribution >= 4 is 0 Å². The molecule has 0 aliphatic carbocycles. The summed E-state index contributed by atoms with van der Waals surface area (Å²) in [4.78, 5) is 0. The van der Waals surface area contributed by atoms with Crippen LogP contribution in [0.2, 0.25) is 0 Å². The van der Waals surface area contributed by atoms with Crippen LogP contribution in [-0.2, 0) is 4.74 Å². The first kappa shape index (κ1) is 18.9. The average Bonchev–Trinajstić information content (AvgIpc) is 2.90. The SMILES string of the molecule is CCOC(C)(C)CC/C(C)=C/CCOc1ccc2c(c1)OCC2C. The number of hydrogen-bond donors (Lipinski definition) is 0. The fourth-order valence-corrected chi connectivity index (χ4v) is 2.99. The van der Waals surface area contributed by atoms with Crippen LogP contribution in [0.25, 0.3) is 0 Å². The van der Waals surface area contributed by atoms with Crippen molar-refractivity contribution in [3.63, 3.8) is 0 Å². The minimum atomic E-state index is -0.0398. The highest BCUT2D eigenvalue weighted by Crippen LogP contribution is 2.36. The molecule has 0 saturated heterocycles. The maximum Gasteiger partial charge on any atom is 0.126 e. The van der Waals surface area contributed by atoms with Crippen LogP contribution in [0, 0.1) is 0 Å². The van der Waals surface area contributed by atoms with E-state index in [1.807, 2.05) is 19.1 Å². The van der Waals surface area contributed by atoms with Crippen molar-refractivity contribution in [1.82, 2.24) is 0 Å². The molecule has 0 radical (unpaired) electrons. The molecule has 1 aromatic carbocycles. The lowest BCUT2D eigenvalue weighted by Crippen LogP contribution is -2.24. The highest BCUT2D eigenvalue weighted by atomic mass is 16.5. The monoisotopic (exact) mass is 332 g/mol. The normalized spacial score (nSPS) is 17.5. The van der Waals surface area contributed by atoms with E-state index in [0.29, 0.717) is 12.5 Å². The summed E-state index contributed by atoms with van der Waals surface area (Å²) >= 11 is 0. The van der Waals surface area contributed by atoms with Crippen molar-refractivity contribution in [3.05, 3.63) is 35.4 Å². The molecule has 1 atom stereocenters. The number of rotatable bonds is 9. The zero-order valence-electron chi connectivity index (χ0n) is 15.9. The first-order chi connectivity index (χ1) is 11.4. The van der Waals surface area contributed by atoms with Crippen molar-refractivity contribution in [2.24, 2.45) is 0 Å². The van der Waals surface area contributed by atoms with Crippen LogP contribution in [0.1, 0.15) is 65.4 Å². The number of hydrogen-bond acceptors (Lipinski definition) is 3. The number of benzene rings is 1. The Morgan fingerprint density at radius 2 is 2.17 bits per heavy atom. The third-order valence-electron chi connectivity index (χ3n) is 4.54. The predicted octanol–water partition coefficient (Wildman–Crippen LogP) is 5.49. The van der Waals surface area contributed by atoms with E-state index in [0.717, 1.165) is 44.0 Å². The fraction of sp³-hybridized carbons (Fsp3) is 0.619. The Bertz CT molecular complexity index is 560. The second kappa shape index (κ2) is 8.57. The lowest BCUT2D eigenvalue weighted by Gasteiger charge is -2.24. The van der Waals surface area contributed by atoms with Gasteiger partial charge in [0.2, 0.25) is 0 Å². The Morgan fingerprint density at radius 1 is 1.38 bits per heavy atom. The summed E-state index contributed by atoms with van der Waals surface area (Å²) in [7, 11) is 0. The second-order valence-electron chi connectivity index (χ2n) is 7.29. The summed E-state index contributed by atoms with van der Waals surface area (Å²) in [6.45, 7) is 13.0. The Morgan fingerprint density at radius 3 is 2.92 bits per heavy atom. The molecule has 134 valence electrons. The molecule has 0 fully saturated rings. The highest BCUT2D eigenvalue weighted by Gasteiger charge is 2.20. The van der Waals surface area contributed by atoms with E-state index in [-0.39, 0.29) is 5.60 Å². The Balaban J connectivity index is 1.72. The topological polar surface area (TPSA) is 27.7 Å². The highest BCUT2D eigenvalue weighted by molar-refractivity contribution is 5.44. The van der Waals surface area contributed by atoms with E-state index in [4.69, 9.17) is 14.2 Å². The third kappa shape index (κ3) is 5.55. The minimum absolute atomic E-state index is 0.0398. The second-order valence-corrected chi connectivity index (χ2v) is 7.29. The summed E-state index contributed by atoms with van der Waals surface area (Å²) in [6, 6.07) is 6.18. The third-order valence-corrected chi connectivity index (χ3v) is 4.54. The molecule has 2 rings (SSSR count). The molecule has 24 heavy (non-hydrogen) atoms. The molecule has 0 N–H and O–H groups in total. The van der Waals surface area contributed by atoms with Gasteiger partial charge in [-0.3, -0.25) is 0 Å². The maximum atomic E-state index is 5.85. The van der Waals surface area contributed by atoms with Gasteiger partial charge in [-0.05, 0) is 53.0 Å². The van der Waals surface area contributed by atoms with Gasteiger partial charge in [0.1, 0.15) is 11.5 Å². The summed E-state index contributed by atoms with van der Waals surface area (Å²) in [5.41, 5.74) is 2.65. The van der Waals surface area contributed by atoms with Crippen LogP contribution >= 0.6 is 0 Å². The van der Waals surface area contributed by atoms with Gasteiger partial charge in [0, 0.05) is 24.2 Å². The van der Waals surface area contributed by atoms with E-state index in [9.17, 15) is 0 Å². The molecule has 3 heteroatoms. The van der Waals surface area contributed by atoms with Crippen LogP contribution in [0.4, 0.5) is 0 Å². The van der Waals surface area contributed by atoms with Crippen LogP contribution in [0.3, 0.4) is 0 Å². The van der Waals surface area contributed by atoms with Crippen LogP contribution < -0.4 is 9.47 Å². The van der Waals surface area contributed by atoms with Gasteiger partial charge < -0.3 is 14.2 Å². The molecule has 0 aromatic heterocycles. The van der Waals surface area contributed by atoms with Gasteiger partial charge in [0.05, 0.1) is 18.8 Å². The van der Waals surface area contributed by atoms with Crippen molar-refractivity contribution in [2.75, 3.05) is 19.8 Å². The lowest BCUT2D eigenvalue weighted by atomic mass is 9.98. The lowest BCUT2D eigenvalue weighted by molar-refractivity contribution is -0.0158. The number of allylic oxidation sites excluding steroid dienone is 1. The molecule has 1 aromatic rings. The molecular formula is C21H32O3. The first-order valence-corrected chi connectivity index (χ1v) is 9.10. The molecule has 0 spiro atoms. The standard InChI is InChI=1S/C21H32O3/c1-6-24-21(4,5)12-11-16(2)8-7-13-22-18-9-10-19-17(3)15-23-20(19)14-18/h8-10,14,17H,6-7,11-13,15H2,1-5H3/b16-8+. The molecule has 1 heterocycles. The molecule has 0 saturated carbocycles. The molecule has 1 aliphatic rings. The van der Waals surface area contributed by atoms with Gasteiger partial charge in [-0.2, -0.15) is 0 Å². The zero-order chi connectivity index (χ0) is 17.6. The Hall–Kier alpha value is -1.48. The van der Waals surface area contributed by atoms with Crippen molar-refractivity contribution in [2.45, 2.75) is 65.4 Å². The number of fused-ring (bicyclic) bond motifs is 1. The smallest absolute Gasteiger partial charge is 0.126 e. The van der Waals surface area contributed by atoms with Crippen LogP contribution in [-0.4, -0.2) is 25.4 Å². The van der Waals surface area contributed by atoms with Crippen LogP contribution in [0.15, 0.2) is 29.8 Å². The Labute approximate surface area is 147 Å². The van der Waals surface area contributed by atoms with Crippen molar-refractivity contribution < 1.29 is 14.2 Å². The molecule has 0 bridgehead atoms. The van der Waals surface area contributed by atoms with Gasteiger partial charge in [-0.25, -0.2) is 0 Å². The fourth-order valence-electron chi connectivity index (χ4n) is 2.99. The van der Waals surface area contributed by atoms with E-state index in [1.165, 1.54) is 11.1 Å². The molecule has 3 nitrogen and oxygen atoms in total. The minimum Gasteiger partial charge on any atom is -0.493 e. The van der Waals surface area contributed by atoms with E-state index in [2.05, 4.69) is 39.8 Å². The predicted molar refractivity (Wildman–Crippen MR) is 99.2 cm³/mol. The molecular weight excluding hydrogens is 300 g/mol. The molecule has 0 amide bonds. The summed E-state index contributed by atoms with van der Waals surface area (Å²) in [6.07, 6.45) is 5.31. The average molecular weight is 332 g/mol. The van der Waals surface area contributed by atoms with Crippen molar-refractivity contribution in [3.8, 4) is 11.5 Å². The maximum absolute atomic E-state index is 5.85. The van der Waals surface area contributed by atoms with E-state index in [1.54, 1.807) is 0 Å². The van der Waals surface area contributed by atoms with Gasteiger partial charge in [0.25, 0.3) is 0 Å².